The number of carbonyl (C=O) groups excluding carboxylic acids is 1. The van der Waals surface area contributed by atoms with E-state index in [9.17, 15) is 9.18 Å². The summed E-state index contributed by atoms with van der Waals surface area (Å²) in [5.41, 5.74) is 0.968. The third-order valence-corrected chi connectivity index (χ3v) is 3.41. The summed E-state index contributed by atoms with van der Waals surface area (Å²) in [5.74, 6) is 1.89. The fourth-order valence-corrected chi connectivity index (χ4v) is 2.28. The smallest absolute Gasteiger partial charge is 0.339 e. The molecule has 0 aliphatic carbocycles. The van der Waals surface area contributed by atoms with Crippen molar-refractivity contribution >= 4 is 17.6 Å². The summed E-state index contributed by atoms with van der Waals surface area (Å²) in [5, 5.41) is 0.195. The quantitative estimate of drug-likeness (QED) is 0.545. The van der Waals surface area contributed by atoms with Crippen LogP contribution in [0, 0.1) is 18.2 Å². The van der Waals surface area contributed by atoms with Crippen LogP contribution in [-0.2, 0) is 11.3 Å². The van der Waals surface area contributed by atoms with Gasteiger partial charge in [0.05, 0.1) is 17.2 Å². The van der Waals surface area contributed by atoms with Crippen molar-refractivity contribution in [1.82, 2.24) is 0 Å². The maximum atomic E-state index is 12.9. The van der Waals surface area contributed by atoms with Gasteiger partial charge in [-0.2, -0.15) is 0 Å². The van der Waals surface area contributed by atoms with E-state index in [-0.39, 0.29) is 29.6 Å². The summed E-state index contributed by atoms with van der Waals surface area (Å²) in [6.45, 7) is 2.18. The first-order chi connectivity index (χ1) is 12.0. The minimum atomic E-state index is -0.606. The minimum Gasteiger partial charge on any atom is -0.490 e. The summed E-state index contributed by atoms with van der Waals surface area (Å²) in [4.78, 5) is 11.9. The highest BCUT2D eigenvalue weighted by molar-refractivity contribution is 6.32. The number of halogens is 2. The van der Waals surface area contributed by atoms with Crippen molar-refractivity contribution in [3.8, 4) is 23.8 Å². The highest BCUT2D eigenvalue weighted by Crippen LogP contribution is 2.37. The number of benzene rings is 2. The Morgan fingerprint density at radius 1 is 1.24 bits per heavy atom. The molecule has 2 rings (SSSR count). The maximum Gasteiger partial charge on any atom is 0.339 e. The lowest BCUT2D eigenvalue weighted by Gasteiger charge is -2.15. The first-order valence-corrected chi connectivity index (χ1v) is 7.87. The van der Waals surface area contributed by atoms with Crippen molar-refractivity contribution in [3.05, 3.63) is 58.4 Å². The first kappa shape index (κ1) is 18.6. The molecule has 2 aromatic rings. The molecule has 4 nitrogen and oxygen atoms in total. The lowest BCUT2D eigenvalue weighted by molar-refractivity contribution is 0.0556. The van der Waals surface area contributed by atoms with E-state index in [1.165, 1.54) is 24.3 Å². The average Bonchev–Trinajstić information content (AvgIpc) is 2.60. The Hall–Kier alpha value is -2.71. The van der Waals surface area contributed by atoms with E-state index >= 15 is 0 Å². The zero-order chi connectivity index (χ0) is 18.2. The van der Waals surface area contributed by atoms with Gasteiger partial charge in [0.1, 0.15) is 12.4 Å². The van der Waals surface area contributed by atoms with Crippen LogP contribution in [0.25, 0.3) is 0 Å². The van der Waals surface area contributed by atoms with Crippen LogP contribution in [0.15, 0.2) is 36.4 Å². The van der Waals surface area contributed by atoms with Crippen molar-refractivity contribution in [2.45, 2.75) is 13.5 Å². The Balaban J connectivity index is 2.22. The van der Waals surface area contributed by atoms with Crippen molar-refractivity contribution in [3.63, 3.8) is 0 Å². The van der Waals surface area contributed by atoms with Crippen molar-refractivity contribution < 1.29 is 23.4 Å². The third kappa shape index (κ3) is 5.13. The molecule has 0 N–H and O–H groups in total. The first-order valence-electron chi connectivity index (χ1n) is 7.49. The van der Waals surface area contributed by atoms with Gasteiger partial charge >= 0.3 is 5.97 Å². The van der Waals surface area contributed by atoms with Gasteiger partial charge in [0.15, 0.2) is 18.1 Å². The number of rotatable bonds is 7. The minimum absolute atomic E-state index is 0.136. The number of esters is 1. The van der Waals surface area contributed by atoms with Gasteiger partial charge in [-0.3, -0.25) is 0 Å². The number of carbonyl (C=O) groups is 1. The largest absolute Gasteiger partial charge is 0.490 e. The van der Waals surface area contributed by atoms with Gasteiger partial charge in [-0.1, -0.05) is 29.7 Å². The molecular weight excluding hydrogens is 347 g/mol. The van der Waals surface area contributed by atoms with Gasteiger partial charge in [-0.05, 0) is 36.8 Å². The zero-order valence-corrected chi connectivity index (χ0v) is 14.3. The second kappa shape index (κ2) is 8.95. The van der Waals surface area contributed by atoms with E-state index < -0.39 is 5.97 Å². The van der Waals surface area contributed by atoms with Crippen LogP contribution < -0.4 is 9.47 Å². The van der Waals surface area contributed by atoms with Gasteiger partial charge < -0.3 is 14.2 Å². The SMILES string of the molecule is C#CCOC(=O)c1cc(Cl)c(OCc2ccc(F)cc2)c(OCC)c1. The molecule has 6 heteroatoms. The molecule has 0 saturated heterocycles. The lowest BCUT2D eigenvalue weighted by Crippen LogP contribution is -2.07. The van der Waals surface area contributed by atoms with Gasteiger partial charge in [0.2, 0.25) is 0 Å². The lowest BCUT2D eigenvalue weighted by atomic mass is 10.2. The molecule has 0 fully saturated rings. The van der Waals surface area contributed by atoms with E-state index in [0.717, 1.165) is 5.56 Å². The van der Waals surface area contributed by atoms with E-state index in [0.29, 0.717) is 18.1 Å². The average molecular weight is 363 g/mol. The second-order valence-electron chi connectivity index (χ2n) is 4.91. The van der Waals surface area contributed by atoms with Crippen molar-refractivity contribution in [2.24, 2.45) is 0 Å². The molecule has 0 aliphatic heterocycles. The molecule has 0 saturated carbocycles. The molecule has 0 unspecified atom stereocenters. The van der Waals surface area contributed by atoms with E-state index in [4.69, 9.17) is 32.2 Å². The molecule has 0 spiro atoms. The Kier molecular flexibility index (Phi) is 6.67. The highest BCUT2D eigenvalue weighted by atomic mass is 35.5. The van der Waals surface area contributed by atoms with Crippen LogP contribution in [-0.4, -0.2) is 19.2 Å². The fraction of sp³-hybridized carbons (Fsp3) is 0.211. The molecule has 25 heavy (non-hydrogen) atoms. The molecule has 0 amide bonds. The second-order valence-corrected chi connectivity index (χ2v) is 5.32. The predicted molar refractivity (Wildman–Crippen MR) is 92.5 cm³/mol. The maximum absolute atomic E-state index is 12.9. The molecule has 2 aromatic carbocycles. The van der Waals surface area contributed by atoms with Gasteiger partial charge in [-0.15, -0.1) is 6.42 Å². The fourth-order valence-electron chi connectivity index (χ4n) is 2.02. The summed E-state index contributed by atoms with van der Waals surface area (Å²) in [6.07, 6.45) is 5.07. The highest BCUT2D eigenvalue weighted by Gasteiger charge is 2.17. The zero-order valence-electron chi connectivity index (χ0n) is 13.6. The van der Waals surface area contributed by atoms with Crippen LogP contribution >= 0.6 is 11.6 Å². The monoisotopic (exact) mass is 362 g/mol. The molecule has 0 aliphatic rings. The Morgan fingerprint density at radius 2 is 1.96 bits per heavy atom. The molecule has 0 bridgehead atoms. The van der Waals surface area contributed by atoms with Gasteiger partial charge in [-0.25, -0.2) is 9.18 Å². The normalized spacial score (nSPS) is 10.0. The Labute approximate surface area is 150 Å². The number of hydrogen-bond acceptors (Lipinski definition) is 4. The third-order valence-electron chi connectivity index (χ3n) is 3.13. The standard InChI is InChI=1S/C19H16ClFO4/c1-3-9-24-19(22)14-10-16(20)18(17(11-14)23-4-2)25-12-13-5-7-15(21)8-6-13/h1,5-8,10-11H,4,9,12H2,2H3. The van der Waals surface area contributed by atoms with Gasteiger partial charge in [0.25, 0.3) is 0 Å². The Bertz CT molecular complexity index is 781. The van der Waals surface area contributed by atoms with Gasteiger partial charge in [0, 0.05) is 0 Å². The van der Waals surface area contributed by atoms with Crippen molar-refractivity contribution in [2.75, 3.05) is 13.2 Å². The summed E-state index contributed by atoms with van der Waals surface area (Å²) >= 11 is 6.23. The van der Waals surface area contributed by atoms with E-state index in [2.05, 4.69) is 5.92 Å². The van der Waals surface area contributed by atoms with Crippen LogP contribution in [0.1, 0.15) is 22.8 Å². The van der Waals surface area contributed by atoms with Crippen LogP contribution in [0.2, 0.25) is 5.02 Å². The summed E-state index contributed by atoms with van der Waals surface area (Å²) in [7, 11) is 0. The number of ether oxygens (including phenoxy) is 3. The van der Waals surface area contributed by atoms with Crippen LogP contribution in [0.4, 0.5) is 4.39 Å². The Morgan fingerprint density at radius 3 is 2.60 bits per heavy atom. The van der Waals surface area contributed by atoms with Crippen molar-refractivity contribution in [1.29, 1.82) is 0 Å². The molecular formula is C19H16ClFO4. The molecule has 0 heterocycles. The molecule has 0 aromatic heterocycles. The molecule has 130 valence electrons. The molecule has 0 atom stereocenters. The summed E-state index contributed by atoms with van der Waals surface area (Å²) < 4.78 is 29.0. The molecule has 0 radical (unpaired) electrons. The van der Waals surface area contributed by atoms with Crippen LogP contribution in [0.5, 0.6) is 11.5 Å². The topological polar surface area (TPSA) is 44.8 Å². The van der Waals surface area contributed by atoms with Crippen LogP contribution in [0.3, 0.4) is 0 Å². The predicted octanol–water partition coefficient (Wildman–Crippen LogP) is 4.25. The number of terminal acetylenes is 1. The number of hydrogen-bond donors (Lipinski definition) is 0. The van der Waals surface area contributed by atoms with E-state index in [1.807, 2.05) is 0 Å². The van der Waals surface area contributed by atoms with E-state index in [1.54, 1.807) is 19.1 Å². The summed E-state index contributed by atoms with van der Waals surface area (Å²) in [6, 6.07) is 8.80.